The molecule has 0 atom stereocenters. The van der Waals surface area contributed by atoms with Crippen molar-refractivity contribution in [1.29, 1.82) is 0 Å². The van der Waals surface area contributed by atoms with Crippen molar-refractivity contribution < 1.29 is 0 Å². The van der Waals surface area contributed by atoms with E-state index in [0.29, 0.717) is 5.92 Å². The first kappa shape index (κ1) is 8.05. The van der Waals surface area contributed by atoms with Crippen molar-refractivity contribution in [3.8, 4) is 0 Å². The van der Waals surface area contributed by atoms with E-state index in [1.54, 1.807) is 0 Å². The summed E-state index contributed by atoms with van der Waals surface area (Å²) in [4.78, 5) is 4.24. The molecule has 3 radical (unpaired) electrons. The van der Waals surface area contributed by atoms with Gasteiger partial charge in [0.2, 0.25) is 0 Å². The molecule has 0 fully saturated rings. The van der Waals surface area contributed by atoms with Gasteiger partial charge in [-0.2, -0.15) is 0 Å². The Hall–Kier alpha value is -0.0513. The van der Waals surface area contributed by atoms with Gasteiger partial charge in [-0.25, -0.2) is 0 Å². The Kier molecular flexibility index (Phi) is 2.71. The standard InChI is InChI=1S/C8H10N.Sn/c1-7(2)8-4-3-5-9-6-8;/h3-5,7H,1-2H3;. The third-order valence-electron chi connectivity index (χ3n) is 1.46. The van der Waals surface area contributed by atoms with Gasteiger partial charge >= 0.3 is 74.9 Å². The van der Waals surface area contributed by atoms with Crippen LogP contribution in [0.25, 0.3) is 0 Å². The Morgan fingerprint density at radius 1 is 1.50 bits per heavy atom. The van der Waals surface area contributed by atoms with Gasteiger partial charge < -0.3 is 0 Å². The fraction of sp³-hybridized carbons (Fsp3) is 0.375. The first-order valence-corrected chi connectivity index (χ1v) is 4.81. The van der Waals surface area contributed by atoms with Crippen molar-refractivity contribution in [2.45, 2.75) is 19.8 Å². The van der Waals surface area contributed by atoms with Crippen LogP contribution < -0.4 is 3.71 Å². The summed E-state index contributed by atoms with van der Waals surface area (Å²) in [5.74, 6) is 0.614. The van der Waals surface area contributed by atoms with Gasteiger partial charge in [0.05, 0.1) is 0 Å². The van der Waals surface area contributed by atoms with Gasteiger partial charge in [-0.15, -0.1) is 0 Å². The fourth-order valence-electron chi connectivity index (χ4n) is 0.884. The van der Waals surface area contributed by atoms with Gasteiger partial charge in [0.15, 0.2) is 0 Å². The van der Waals surface area contributed by atoms with Crippen LogP contribution >= 0.6 is 0 Å². The second-order valence-corrected chi connectivity index (χ2v) is 3.95. The molecule has 0 unspecified atom stereocenters. The van der Waals surface area contributed by atoms with Gasteiger partial charge in [-0.05, 0) is 0 Å². The van der Waals surface area contributed by atoms with E-state index in [-0.39, 0.29) is 0 Å². The van der Waals surface area contributed by atoms with Gasteiger partial charge in [-0.1, -0.05) is 0 Å². The summed E-state index contributed by atoms with van der Waals surface area (Å²) in [6, 6.07) is 4.16. The summed E-state index contributed by atoms with van der Waals surface area (Å²) in [5, 5.41) is 0. The summed E-state index contributed by atoms with van der Waals surface area (Å²) in [6.45, 7) is 4.40. The number of pyridine rings is 1. The van der Waals surface area contributed by atoms with Crippen molar-refractivity contribution in [2.75, 3.05) is 0 Å². The molecular weight excluding hydrogens is 229 g/mol. The van der Waals surface area contributed by atoms with E-state index >= 15 is 0 Å². The molecule has 1 heterocycles. The minimum absolute atomic E-state index is 0.614. The van der Waals surface area contributed by atoms with Gasteiger partial charge in [0, 0.05) is 0 Å². The first-order chi connectivity index (χ1) is 4.72. The van der Waals surface area contributed by atoms with Crippen molar-refractivity contribution in [1.82, 2.24) is 4.98 Å². The van der Waals surface area contributed by atoms with Crippen LogP contribution in [0.5, 0.6) is 0 Å². The van der Waals surface area contributed by atoms with Gasteiger partial charge in [0.25, 0.3) is 0 Å². The van der Waals surface area contributed by atoms with Crippen LogP contribution in [0.15, 0.2) is 18.3 Å². The molecule has 0 saturated carbocycles. The monoisotopic (exact) mass is 240 g/mol. The van der Waals surface area contributed by atoms with Crippen LogP contribution in [-0.4, -0.2) is 27.5 Å². The summed E-state index contributed by atoms with van der Waals surface area (Å²) in [6.07, 6.45) is 1.86. The second-order valence-electron chi connectivity index (χ2n) is 2.60. The SMILES string of the molecule is CC(C)c1cccn[c]1[Sn]. The number of aromatic nitrogens is 1. The molecule has 0 bridgehead atoms. The van der Waals surface area contributed by atoms with Crippen LogP contribution in [0.3, 0.4) is 0 Å². The van der Waals surface area contributed by atoms with Crippen molar-refractivity contribution in [3.63, 3.8) is 0 Å². The summed E-state index contributed by atoms with van der Waals surface area (Å²) in [7, 11) is 0. The average molecular weight is 239 g/mol. The van der Waals surface area contributed by atoms with Crippen LogP contribution in [0.1, 0.15) is 25.3 Å². The zero-order valence-corrected chi connectivity index (χ0v) is 9.11. The number of hydrogen-bond acceptors (Lipinski definition) is 1. The third kappa shape index (κ3) is 1.72. The van der Waals surface area contributed by atoms with Crippen molar-refractivity contribution in [3.05, 3.63) is 23.9 Å². The molecule has 0 aliphatic rings. The molecule has 51 valence electrons. The molecule has 10 heavy (non-hydrogen) atoms. The normalized spacial score (nSPS) is 10.4. The Balaban J connectivity index is 3.03. The topological polar surface area (TPSA) is 12.9 Å². The third-order valence-corrected chi connectivity index (χ3v) is 2.65. The predicted molar refractivity (Wildman–Crippen MR) is 43.7 cm³/mol. The van der Waals surface area contributed by atoms with Crippen molar-refractivity contribution in [2.24, 2.45) is 0 Å². The fourth-order valence-corrected chi connectivity index (χ4v) is 2.16. The minimum atomic E-state index is 0.614. The van der Waals surface area contributed by atoms with E-state index in [1.165, 1.54) is 31.8 Å². The molecule has 1 nitrogen and oxygen atoms in total. The molecule has 2 heteroatoms. The Bertz CT molecular complexity index is 220. The number of hydrogen-bond donors (Lipinski definition) is 0. The zero-order chi connectivity index (χ0) is 7.56. The zero-order valence-electron chi connectivity index (χ0n) is 6.26. The van der Waals surface area contributed by atoms with E-state index in [0.717, 1.165) is 0 Å². The molecular formula is C8H10NSn. The molecule has 0 aliphatic carbocycles. The Morgan fingerprint density at radius 2 is 2.20 bits per heavy atom. The predicted octanol–water partition coefficient (Wildman–Crippen LogP) is 0.999. The summed E-state index contributed by atoms with van der Waals surface area (Å²) >= 11 is 1.41. The molecule has 0 spiro atoms. The quantitative estimate of drug-likeness (QED) is 0.666. The molecule has 0 amide bonds. The first-order valence-electron chi connectivity index (χ1n) is 3.38. The molecule has 0 aliphatic heterocycles. The van der Waals surface area contributed by atoms with Gasteiger partial charge in [-0.3, -0.25) is 0 Å². The molecule has 0 N–H and O–H groups in total. The van der Waals surface area contributed by atoms with E-state index in [1.807, 2.05) is 12.3 Å². The van der Waals surface area contributed by atoms with Crippen molar-refractivity contribution >= 4 is 26.2 Å². The van der Waals surface area contributed by atoms with E-state index in [4.69, 9.17) is 0 Å². The van der Waals surface area contributed by atoms with E-state index in [9.17, 15) is 0 Å². The van der Waals surface area contributed by atoms with Crippen LogP contribution in [0.4, 0.5) is 0 Å². The number of nitrogens with zero attached hydrogens (tertiary/aromatic N) is 1. The molecule has 0 saturated heterocycles. The van der Waals surface area contributed by atoms with Crippen LogP contribution in [0, 0.1) is 0 Å². The summed E-state index contributed by atoms with van der Waals surface area (Å²) in [5.41, 5.74) is 1.39. The Morgan fingerprint density at radius 3 is 2.60 bits per heavy atom. The Labute approximate surface area is 75.0 Å². The molecule has 1 aromatic heterocycles. The number of rotatable bonds is 1. The molecule has 0 aromatic carbocycles. The van der Waals surface area contributed by atoms with Crippen LogP contribution in [0.2, 0.25) is 0 Å². The maximum atomic E-state index is 4.24. The van der Waals surface area contributed by atoms with Gasteiger partial charge in [0.1, 0.15) is 0 Å². The second kappa shape index (κ2) is 3.37. The maximum absolute atomic E-state index is 4.24. The summed E-state index contributed by atoms with van der Waals surface area (Å²) < 4.78 is 1.24. The molecule has 1 rings (SSSR count). The van der Waals surface area contributed by atoms with Crippen LogP contribution in [-0.2, 0) is 0 Å². The van der Waals surface area contributed by atoms with E-state index < -0.39 is 0 Å². The molecule has 1 aromatic rings. The van der Waals surface area contributed by atoms with E-state index in [2.05, 4.69) is 24.9 Å². The average Bonchev–Trinajstić information content (AvgIpc) is 1.88.